The maximum absolute atomic E-state index is 11.6. The molecular weight excluding hydrogens is 264 g/mol. The monoisotopic (exact) mass is 282 g/mol. The molecule has 4 nitrogen and oxygen atoms in total. The lowest BCUT2D eigenvalue weighted by Gasteiger charge is -2.12. The van der Waals surface area contributed by atoms with Crippen LogP contribution < -0.4 is 15.4 Å². The summed E-state index contributed by atoms with van der Waals surface area (Å²) in [4.78, 5) is 11.6. The highest BCUT2D eigenvalue weighted by molar-refractivity contribution is 5.94. The Morgan fingerprint density at radius 3 is 2.53 bits per heavy atom. The van der Waals surface area contributed by atoms with Crippen molar-refractivity contribution in [2.24, 2.45) is 5.92 Å². The summed E-state index contributed by atoms with van der Waals surface area (Å²) in [5.41, 5.74) is 0.851. The van der Waals surface area contributed by atoms with Gasteiger partial charge in [-0.1, -0.05) is 0 Å². The van der Waals surface area contributed by atoms with Gasteiger partial charge < -0.3 is 15.4 Å². The van der Waals surface area contributed by atoms with Gasteiger partial charge in [0.2, 0.25) is 5.91 Å². The minimum Gasteiger partial charge on any atom is -0.489 e. The number of carbonyl (C=O) groups is 1. The van der Waals surface area contributed by atoms with Crippen LogP contribution in [0.1, 0.15) is 19.3 Å². The van der Waals surface area contributed by atoms with Gasteiger partial charge in [0.25, 0.3) is 0 Å². The van der Waals surface area contributed by atoms with E-state index in [-0.39, 0.29) is 30.3 Å². The largest absolute Gasteiger partial charge is 0.489 e. The Hall–Kier alpha value is -1.26. The third-order valence-electron chi connectivity index (χ3n) is 3.39. The third kappa shape index (κ3) is 3.85. The van der Waals surface area contributed by atoms with Crippen LogP contribution in [0.4, 0.5) is 5.69 Å². The van der Waals surface area contributed by atoms with Crippen LogP contribution in [0.25, 0.3) is 0 Å². The van der Waals surface area contributed by atoms with E-state index in [1.54, 1.807) is 0 Å². The van der Waals surface area contributed by atoms with Gasteiger partial charge in [0.15, 0.2) is 0 Å². The number of anilines is 1. The van der Waals surface area contributed by atoms with Gasteiger partial charge in [0, 0.05) is 18.2 Å². The Balaban J connectivity index is 0.00000133. The van der Waals surface area contributed by atoms with Gasteiger partial charge in [0.1, 0.15) is 11.9 Å². The highest BCUT2D eigenvalue weighted by Gasteiger charge is 2.29. The zero-order valence-electron chi connectivity index (χ0n) is 10.7. The summed E-state index contributed by atoms with van der Waals surface area (Å²) in [5, 5.41) is 6.19. The third-order valence-corrected chi connectivity index (χ3v) is 3.39. The van der Waals surface area contributed by atoms with E-state index in [1.807, 2.05) is 24.3 Å². The van der Waals surface area contributed by atoms with Crippen LogP contribution in [0.15, 0.2) is 24.3 Å². The molecule has 0 bridgehead atoms. The molecule has 1 aromatic rings. The van der Waals surface area contributed by atoms with Crippen LogP contribution in [0.2, 0.25) is 0 Å². The van der Waals surface area contributed by atoms with Gasteiger partial charge >= 0.3 is 0 Å². The first-order valence-corrected chi connectivity index (χ1v) is 6.59. The van der Waals surface area contributed by atoms with Crippen molar-refractivity contribution in [2.45, 2.75) is 25.4 Å². The van der Waals surface area contributed by atoms with Gasteiger partial charge in [-0.3, -0.25) is 4.79 Å². The maximum Gasteiger partial charge on any atom is 0.227 e. The zero-order valence-corrected chi connectivity index (χ0v) is 11.5. The molecule has 1 atom stereocenters. The molecular formula is C14H19ClN2O2. The van der Waals surface area contributed by atoms with Crippen LogP contribution in [0, 0.1) is 5.92 Å². The first kappa shape index (κ1) is 14.2. The van der Waals surface area contributed by atoms with Crippen molar-refractivity contribution in [3.05, 3.63) is 24.3 Å². The predicted molar refractivity (Wildman–Crippen MR) is 76.9 cm³/mol. The van der Waals surface area contributed by atoms with E-state index in [9.17, 15) is 4.79 Å². The Morgan fingerprint density at radius 2 is 1.95 bits per heavy atom. The summed E-state index contributed by atoms with van der Waals surface area (Å²) >= 11 is 0. The second-order valence-corrected chi connectivity index (χ2v) is 5.02. The Kier molecular flexibility index (Phi) is 4.66. The van der Waals surface area contributed by atoms with Crippen molar-refractivity contribution in [2.75, 3.05) is 18.4 Å². The lowest BCUT2D eigenvalue weighted by molar-refractivity contribution is -0.117. The van der Waals surface area contributed by atoms with Gasteiger partial charge in [0.05, 0.1) is 0 Å². The van der Waals surface area contributed by atoms with Crippen molar-refractivity contribution >= 4 is 24.0 Å². The molecule has 1 aliphatic heterocycles. The number of carbonyl (C=O) groups excluding carboxylic acids is 1. The fourth-order valence-electron chi connectivity index (χ4n) is 2.13. The van der Waals surface area contributed by atoms with Crippen molar-refractivity contribution in [3.63, 3.8) is 0 Å². The summed E-state index contributed by atoms with van der Waals surface area (Å²) in [6.45, 7) is 1.94. The molecule has 1 aromatic carbocycles. The average molecular weight is 283 g/mol. The molecule has 2 fully saturated rings. The molecule has 104 valence electrons. The van der Waals surface area contributed by atoms with E-state index in [2.05, 4.69) is 10.6 Å². The number of nitrogens with one attached hydrogen (secondary N) is 2. The molecule has 1 unspecified atom stereocenters. The zero-order chi connectivity index (χ0) is 12.4. The summed E-state index contributed by atoms with van der Waals surface area (Å²) in [6.07, 6.45) is 3.39. The lowest BCUT2D eigenvalue weighted by atomic mass is 10.2. The highest BCUT2D eigenvalue weighted by Crippen LogP contribution is 2.30. The molecule has 0 spiro atoms. The van der Waals surface area contributed by atoms with E-state index in [0.29, 0.717) is 0 Å². The number of hydrogen-bond acceptors (Lipinski definition) is 3. The summed E-state index contributed by atoms with van der Waals surface area (Å²) in [6, 6.07) is 7.64. The van der Waals surface area contributed by atoms with Crippen molar-refractivity contribution in [1.29, 1.82) is 0 Å². The van der Waals surface area contributed by atoms with E-state index in [0.717, 1.165) is 43.8 Å². The molecule has 1 amide bonds. The molecule has 5 heteroatoms. The normalized spacial score (nSPS) is 21.6. The second-order valence-electron chi connectivity index (χ2n) is 5.02. The van der Waals surface area contributed by atoms with Crippen molar-refractivity contribution in [1.82, 2.24) is 5.32 Å². The van der Waals surface area contributed by atoms with E-state index in [1.165, 1.54) is 0 Å². The number of amides is 1. The number of rotatable bonds is 4. The SMILES string of the molecule is Cl.O=C(Nc1ccc(OC2CCNC2)cc1)C1CC1. The number of benzene rings is 1. The van der Waals surface area contributed by atoms with Crippen molar-refractivity contribution < 1.29 is 9.53 Å². The maximum atomic E-state index is 11.6. The molecule has 1 heterocycles. The molecule has 2 N–H and O–H groups in total. The van der Waals surface area contributed by atoms with Crippen molar-refractivity contribution in [3.8, 4) is 5.75 Å². The fraction of sp³-hybridized carbons (Fsp3) is 0.500. The first-order chi connectivity index (χ1) is 8.81. The van der Waals surface area contributed by atoms with Crippen LogP contribution >= 0.6 is 12.4 Å². The topological polar surface area (TPSA) is 50.4 Å². The Morgan fingerprint density at radius 1 is 1.21 bits per heavy atom. The molecule has 19 heavy (non-hydrogen) atoms. The number of hydrogen-bond donors (Lipinski definition) is 2. The molecule has 1 saturated heterocycles. The lowest BCUT2D eigenvalue weighted by Crippen LogP contribution is -2.19. The molecule has 3 rings (SSSR count). The molecule has 2 aliphatic rings. The van der Waals surface area contributed by atoms with Crippen LogP contribution in [-0.2, 0) is 4.79 Å². The Labute approximate surface area is 119 Å². The van der Waals surface area contributed by atoms with E-state index in [4.69, 9.17) is 4.74 Å². The second kappa shape index (κ2) is 6.26. The summed E-state index contributed by atoms with van der Waals surface area (Å²) in [5.74, 6) is 1.25. The van der Waals surface area contributed by atoms with E-state index >= 15 is 0 Å². The summed E-state index contributed by atoms with van der Waals surface area (Å²) in [7, 11) is 0. The molecule has 0 radical (unpaired) electrons. The summed E-state index contributed by atoms with van der Waals surface area (Å²) < 4.78 is 5.82. The van der Waals surface area contributed by atoms with Gasteiger partial charge in [-0.2, -0.15) is 0 Å². The highest BCUT2D eigenvalue weighted by atomic mass is 35.5. The van der Waals surface area contributed by atoms with Crippen LogP contribution in [-0.4, -0.2) is 25.1 Å². The smallest absolute Gasteiger partial charge is 0.227 e. The van der Waals surface area contributed by atoms with Gasteiger partial charge in [-0.25, -0.2) is 0 Å². The van der Waals surface area contributed by atoms with Gasteiger partial charge in [-0.05, 0) is 50.1 Å². The fourth-order valence-corrected chi connectivity index (χ4v) is 2.13. The Bertz CT molecular complexity index is 426. The average Bonchev–Trinajstić information content (AvgIpc) is 3.11. The standard InChI is InChI=1S/C14H18N2O2.ClH/c17-14(10-1-2-10)16-11-3-5-12(6-4-11)18-13-7-8-15-9-13;/h3-6,10,13,15H,1-2,7-9H2,(H,16,17);1H. The quantitative estimate of drug-likeness (QED) is 0.890. The minimum atomic E-state index is 0. The predicted octanol–water partition coefficient (Wildman–Crippen LogP) is 2.20. The number of ether oxygens (including phenoxy) is 1. The minimum absolute atomic E-state index is 0. The van der Waals surface area contributed by atoms with E-state index < -0.39 is 0 Å². The molecule has 1 aliphatic carbocycles. The van der Waals surface area contributed by atoms with Crippen LogP contribution in [0.5, 0.6) is 5.75 Å². The van der Waals surface area contributed by atoms with Crippen LogP contribution in [0.3, 0.4) is 0 Å². The first-order valence-electron chi connectivity index (χ1n) is 6.59. The van der Waals surface area contributed by atoms with Gasteiger partial charge in [-0.15, -0.1) is 12.4 Å². The number of halogens is 1. The molecule has 0 aromatic heterocycles. The molecule has 1 saturated carbocycles.